The number of nitrogens with zero attached hydrogens (tertiary/aromatic N) is 4. The fraction of sp³-hybridized carbons (Fsp3) is 0.448. The summed E-state index contributed by atoms with van der Waals surface area (Å²) in [7, 11) is 0. The number of aryl methyl sites for hydroxylation is 3. The molecule has 0 saturated carbocycles. The number of rotatable bonds is 9. The van der Waals surface area contributed by atoms with E-state index in [4.69, 9.17) is 9.47 Å². The summed E-state index contributed by atoms with van der Waals surface area (Å²) in [5, 5.41) is 16.0. The highest BCUT2D eigenvalue weighted by Crippen LogP contribution is 2.21. The topological polar surface area (TPSA) is 80.1 Å². The van der Waals surface area contributed by atoms with Crippen LogP contribution >= 0.6 is 0 Å². The fourth-order valence-corrected chi connectivity index (χ4v) is 4.73. The van der Waals surface area contributed by atoms with Crippen molar-refractivity contribution in [3.63, 3.8) is 0 Å². The summed E-state index contributed by atoms with van der Waals surface area (Å²) in [4.78, 5) is 16.1. The maximum absolute atomic E-state index is 12.2. The summed E-state index contributed by atoms with van der Waals surface area (Å²) in [6, 6.07) is 17.9. The molecule has 2 aromatic carbocycles. The standard InChI is InChI=1S/C29H38N4O4/c1-22-8-10-27(11-9-22)37-21-29(35)19-31(12-13-32(20-29)25(4)34)18-26-6-5-7-28(17-26)36-15-14-33-24(3)16-23(2)30-33/h5-11,16-17,35H,12-15,18-21H2,1-4H3/t29-/m0/s1. The summed E-state index contributed by atoms with van der Waals surface area (Å²) in [6.07, 6.45) is 0. The van der Waals surface area contributed by atoms with Crippen LogP contribution in [0.25, 0.3) is 0 Å². The Morgan fingerprint density at radius 3 is 2.49 bits per heavy atom. The first-order chi connectivity index (χ1) is 17.7. The number of ether oxygens (including phenoxy) is 2. The van der Waals surface area contributed by atoms with Gasteiger partial charge in [0, 0.05) is 38.8 Å². The lowest BCUT2D eigenvalue weighted by Gasteiger charge is -2.32. The van der Waals surface area contributed by atoms with Crippen molar-refractivity contribution < 1.29 is 19.4 Å². The third kappa shape index (κ3) is 7.57. The first-order valence-corrected chi connectivity index (χ1v) is 12.8. The first kappa shape index (κ1) is 26.7. The van der Waals surface area contributed by atoms with E-state index in [0.717, 1.165) is 28.3 Å². The van der Waals surface area contributed by atoms with Crippen LogP contribution in [0.3, 0.4) is 0 Å². The molecule has 2 heterocycles. The van der Waals surface area contributed by atoms with Crippen molar-refractivity contribution >= 4 is 5.91 Å². The van der Waals surface area contributed by atoms with Gasteiger partial charge < -0.3 is 19.5 Å². The van der Waals surface area contributed by atoms with Gasteiger partial charge in [0.1, 0.15) is 30.3 Å². The molecule has 1 fully saturated rings. The van der Waals surface area contributed by atoms with Gasteiger partial charge in [-0.05, 0) is 56.7 Å². The van der Waals surface area contributed by atoms with Crippen molar-refractivity contribution in [2.75, 3.05) is 39.4 Å². The summed E-state index contributed by atoms with van der Waals surface area (Å²) < 4.78 is 13.9. The van der Waals surface area contributed by atoms with Crippen molar-refractivity contribution in [1.29, 1.82) is 0 Å². The largest absolute Gasteiger partial charge is 0.492 e. The van der Waals surface area contributed by atoms with E-state index in [1.165, 1.54) is 0 Å². The Kier molecular flexibility index (Phi) is 8.51. The minimum atomic E-state index is -1.19. The second-order valence-corrected chi connectivity index (χ2v) is 10.1. The van der Waals surface area contributed by atoms with Crippen molar-refractivity contribution in [2.24, 2.45) is 0 Å². The van der Waals surface area contributed by atoms with E-state index >= 15 is 0 Å². The van der Waals surface area contributed by atoms with Crippen LogP contribution in [-0.2, 0) is 17.9 Å². The molecule has 1 amide bonds. The average molecular weight is 507 g/mol. The molecule has 1 aliphatic heterocycles. The Hall–Kier alpha value is -3.36. The summed E-state index contributed by atoms with van der Waals surface area (Å²) >= 11 is 0. The molecule has 4 rings (SSSR count). The van der Waals surface area contributed by atoms with Crippen LogP contribution in [0.4, 0.5) is 0 Å². The van der Waals surface area contributed by atoms with Gasteiger partial charge in [0.2, 0.25) is 5.91 Å². The molecular formula is C29H38N4O4. The lowest BCUT2D eigenvalue weighted by molar-refractivity contribution is -0.132. The zero-order valence-corrected chi connectivity index (χ0v) is 22.3. The van der Waals surface area contributed by atoms with E-state index in [1.54, 1.807) is 11.8 Å². The third-order valence-corrected chi connectivity index (χ3v) is 6.64. The molecule has 1 atom stereocenters. The fourth-order valence-electron chi connectivity index (χ4n) is 4.73. The Morgan fingerprint density at radius 1 is 1.00 bits per heavy atom. The lowest BCUT2D eigenvalue weighted by Crippen LogP contribution is -2.51. The van der Waals surface area contributed by atoms with Gasteiger partial charge in [0.15, 0.2) is 0 Å². The van der Waals surface area contributed by atoms with Crippen LogP contribution in [-0.4, -0.2) is 75.6 Å². The van der Waals surface area contributed by atoms with Gasteiger partial charge in [-0.3, -0.25) is 14.4 Å². The smallest absolute Gasteiger partial charge is 0.219 e. The predicted octanol–water partition coefficient (Wildman–Crippen LogP) is 3.36. The molecule has 37 heavy (non-hydrogen) atoms. The van der Waals surface area contributed by atoms with E-state index in [-0.39, 0.29) is 19.1 Å². The maximum Gasteiger partial charge on any atom is 0.219 e. The number of hydrogen-bond acceptors (Lipinski definition) is 6. The summed E-state index contributed by atoms with van der Waals surface area (Å²) in [5.74, 6) is 1.46. The zero-order chi connectivity index (χ0) is 26.4. The Labute approximate surface area is 219 Å². The highest BCUT2D eigenvalue weighted by molar-refractivity contribution is 5.73. The van der Waals surface area contributed by atoms with Crippen LogP contribution in [0, 0.1) is 20.8 Å². The third-order valence-electron chi connectivity index (χ3n) is 6.64. The highest BCUT2D eigenvalue weighted by Gasteiger charge is 2.36. The zero-order valence-electron chi connectivity index (χ0n) is 22.3. The molecular weight excluding hydrogens is 468 g/mol. The van der Waals surface area contributed by atoms with Crippen molar-refractivity contribution in [3.8, 4) is 11.5 Å². The Morgan fingerprint density at radius 2 is 1.78 bits per heavy atom. The molecule has 1 saturated heterocycles. The van der Waals surface area contributed by atoms with Gasteiger partial charge >= 0.3 is 0 Å². The number of carbonyl (C=O) groups is 1. The molecule has 1 aliphatic rings. The van der Waals surface area contributed by atoms with Crippen LogP contribution in [0.1, 0.15) is 29.4 Å². The van der Waals surface area contributed by atoms with Gasteiger partial charge in [-0.2, -0.15) is 5.10 Å². The van der Waals surface area contributed by atoms with Gasteiger partial charge in [-0.1, -0.05) is 29.8 Å². The van der Waals surface area contributed by atoms with E-state index in [2.05, 4.69) is 22.1 Å². The second kappa shape index (κ2) is 11.8. The molecule has 0 aliphatic carbocycles. The molecule has 1 aromatic heterocycles. The van der Waals surface area contributed by atoms with Crippen LogP contribution in [0.2, 0.25) is 0 Å². The van der Waals surface area contributed by atoms with Gasteiger partial charge in [-0.15, -0.1) is 0 Å². The van der Waals surface area contributed by atoms with Crippen molar-refractivity contribution in [3.05, 3.63) is 77.1 Å². The number of amides is 1. The predicted molar refractivity (Wildman–Crippen MR) is 143 cm³/mol. The number of benzene rings is 2. The number of β-amino-alcohol motifs (C(OH)–C–C–N with tert-alkyl or cyclic N) is 1. The molecule has 0 spiro atoms. The lowest BCUT2D eigenvalue weighted by atomic mass is 10.0. The SMILES string of the molecule is CC(=O)N1CCN(Cc2cccc(OCCn3nc(C)cc3C)c2)C[C@@](O)(COc2ccc(C)cc2)C1. The highest BCUT2D eigenvalue weighted by atomic mass is 16.5. The molecule has 8 heteroatoms. The van der Waals surface area contributed by atoms with E-state index in [9.17, 15) is 9.90 Å². The summed E-state index contributed by atoms with van der Waals surface area (Å²) in [5.41, 5.74) is 3.16. The first-order valence-electron chi connectivity index (χ1n) is 12.8. The molecule has 8 nitrogen and oxygen atoms in total. The van der Waals surface area contributed by atoms with Crippen molar-refractivity contribution in [1.82, 2.24) is 19.6 Å². The maximum atomic E-state index is 12.2. The number of carbonyl (C=O) groups excluding carboxylic acids is 1. The Balaban J connectivity index is 1.39. The monoisotopic (exact) mass is 506 g/mol. The molecule has 0 radical (unpaired) electrons. The molecule has 0 bridgehead atoms. The molecule has 0 unspecified atom stereocenters. The van der Waals surface area contributed by atoms with Gasteiger partial charge in [-0.25, -0.2) is 0 Å². The minimum absolute atomic E-state index is 0.0476. The van der Waals surface area contributed by atoms with Crippen LogP contribution in [0.15, 0.2) is 54.6 Å². The van der Waals surface area contributed by atoms with Gasteiger partial charge in [0.05, 0.1) is 18.8 Å². The van der Waals surface area contributed by atoms with E-state index in [1.807, 2.05) is 67.9 Å². The number of hydrogen-bond donors (Lipinski definition) is 1. The Bertz CT molecular complexity index is 1190. The van der Waals surface area contributed by atoms with Crippen LogP contribution < -0.4 is 9.47 Å². The normalized spacial score (nSPS) is 18.5. The van der Waals surface area contributed by atoms with E-state index < -0.39 is 5.60 Å². The molecule has 198 valence electrons. The van der Waals surface area contributed by atoms with Crippen molar-refractivity contribution in [2.45, 2.75) is 46.4 Å². The molecule has 3 aromatic rings. The molecule has 1 N–H and O–H groups in total. The minimum Gasteiger partial charge on any atom is -0.492 e. The average Bonchev–Trinajstić information content (AvgIpc) is 3.07. The van der Waals surface area contributed by atoms with Crippen LogP contribution in [0.5, 0.6) is 11.5 Å². The second-order valence-electron chi connectivity index (χ2n) is 10.1. The van der Waals surface area contributed by atoms with E-state index in [0.29, 0.717) is 45.1 Å². The summed E-state index contributed by atoms with van der Waals surface area (Å²) in [6.45, 7) is 11.4. The quantitative estimate of drug-likeness (QED) is 0.480. The number of aliphatic hydroxyl groups is 1. The number of aromatic nitrogens is 2. The van der Waals surface area contributed by atoms with Gasteiger partial charge in [0.25, 0.3) is 0 Å².